The molecule has 1 saturated carbocycles. The lowest BCUT2D eigenvalue weighted by molar-refractivity contribution is -0.127. The van der Waals surface area contributed by atoms with Gasteiger partial charge in [0.1, 0.15) is 0 Å². The summed E-state index contributed by atoms with van der Waals surface area (Å²) >= 11 is 0. The molecular weight excluding hydrogens is 338 g/mol. The Morgan fingerprint density at radius 1 is 1.00 bits per heavy atom. The number of carbonyl (C=O) groups is 2. The number of urea groups is 1. The normalized spacial score (nSPS) is 18.7. The summed E-state index contributed by atoms with van der Waals surface area (Å²) in [6, 6.07) is 6.57. The summed E-state index contributed by atoms with van der Waals surface area (Å²) in [5.41, 5.74) is 3.46. The van der Waals surface area contributed by atoms with E-state index < -0.39 is 0 Å². The van der Waals surface area contributed by atoms with Gasteiger partial charge in [-0.15, -0.1) is 0 Å². The molecule has 5 heteroatoms. The highest BCUT2D eigenvalue weighted by molar-refractivity contribution is 5.92. The van der Waals surface area contributed by atoms with Gasteiger partial charge in [0.15, 0.2) is 0 Å². The highest BCUT2D eigenvalue weighted by Crippen LogP contribution is 2.18. The zero-order valence-electron chi connectivity index (χ0n) is 16.5. The Kier molecular flexibility index (Phi) is 6.54. The van der Waals surface area contributed by atoms with Crippen LogP contribution in [0, 0.1) is 13.8 Å². The minimum atomic E-state index is 0.0160. The van der Waals surface area contributed by atoms with E-state index in [4.69, 9.17) is 0 Å². The van der Waals surface area contributed by atoms with Crippen molar-refractivity contribution in [2.24, 2.45) is 0 Å². The number of hydrogen-bond acceptors (Lipinski definition) is 2. The molecule has 1 saturated heterocycles. The van der Waals surface area contributed by atoms with Crippen LogP contribution in [0.2, 0.25) is 0 Å². The van der Waals surface area contributed by atoms with E-state index in [1.54, 1.807) is 6.08 Å². The summed E-state index contributed by atoms with van der Waals surface area (Å²) in [4.78, 5) is 28.5. The number of piperazine rings is 1. The van der Waals surface area contributed by atoms with Gasteiger partial charge in [0.2, 0.25) is 5.91 Å². The van der Waals surface area contributed by atoms with Crippen molar-refractivity contribution in [3.8, 4) is 0 Å². The van der Waals surface area contributed by atoms with Crippen molar-refractivity contribution < 1.29 is 9.59 Å². The molecule has 27 heavy (non-hydrogen) atoms. The molecule has 1 aromatic carbocycles. The number of benzene rings is 1. The number of rotatable bonds is 3. The third-order valence-electron chi connectivity index (χ3n) is 5.64. The van der Waals surface area contributed by atoms with Gasteiger partial charge in [0.05, 0.1) is 0 Å². The van der Waals surface area contributed by atoms with Gasteiger partial charge in [-0.05, 0) is 43.9 Å². The average molecular weight is 370 g/mol. The van der Waals surface area contributed by atoms with Crippen LogP contribution in [-0.4, -0.2) is 54.0 Å². The van der Waals surface area contributed by atoms with E-state index in [0.29, 0.717) is 32.2 Å². The molecule has 0 atom stereocenters. The summed E-state index contributed by atoms with van der Waals surface area (Å²) in [5, 5.41) is 3.16. The first kappa shape index (κ1) is 19.5. The van der Waals surface area contributed by atoms with Crippen molar-refractivity contribution in [2.75, 3.05) is 26.2 Å². The van der Waals surface area contributed by atoms with Crippen LogP contribution < -0.4 is 5.32 Å². The van der Waals surface area contributed by atoms with Crippen LogP contribution >= 0.6 is 0 Å². The molecule has 5 nitrogen and oxygen atoms in total. The van der Waals surface area contributed by atoms with E-state index in [2.05, 4.69) is 31.3 Å². The van der Waals surface area contributed by atoms with E-state index in [1.807, 2.05) is 21.9 Å². The van der Waals surface area contributed by atoms with E-state index >= 15 is 0 Å². The van der Waals surface area contributed by atoms with Gasteiger partial charge in [-0.3, -0.25) is 4.79 Å². The molecule has 1 N–H and O–H groups in total. The van der Waals surface area contributed by atoms with Crippen molar-refractivity contribution in [2.45, 2.75) is 52.0 Å². The third-order valence-corrected chi connectivity index (χ3v) is 5.64. The minimum Gasteiger partial charge on any atom is -0.336 e. The summed E-state index contributed by atoms with van der Waals surface area (Å²) < 4.78 is 0. The molecule has 3 amide bonds. The predicted molar refractivity (Wildman–Crippen MR) is 109 cm³/mol. The van der Waals surface area contributed by atoms with Gasteiger partial charge >= 0.3 is 6.03 Å². The highest BCUT2D eigenvalue weighted by atomic mass is 16.2. The minimum absolute atomic E-state index is 0.0160. The molecule has 146 valence electrons. The van der Waals surface area contributed by atoms with Crippen LogP contribution in [0.15, 0.2) is 24.3 Å². The first-order valence-electron chi connectivity index (χ1n) is 10.1. The zero-order valence-corrected chi connectivity index (χ0v) is 16.5. The van der Waals surface area contributed by atoms with Gasteiger partial charge in [-0.1, -0.05) is 43.0 Å². The average Bonchev–Trinajstić information content (AvgIpc) is 2.68. The molecule has 1 heterocycles. The number of carbonyl (C=O) groups excluding carboxylic acids is 2. The van der Waals surface area contributed by atoms with E-state index in [9.17, 15) is 9.59 Å². The summed E-state index contributed by atoms with van der Waals surface area (Å²) in [7, 11) is 0. The molecule has 2 fully saturated rings. The molecule has 0 bridgehead atoms. The topological polar surface area (TPSA) is 52.7 Å². The van der Waals surface area contributed by atoms with Gasteiger partial charge in [0.25, 0.3) is 0 Å². The summed E-state index contributed by atoms with van der Waals surface area (Å²) in [6.07, 6.45) is 9.42. The molecule has 0 aromatic heterocycles. The maximum atomic E-state index is 12.5. The number of hydrogen-bond donors (Lipinski definition) is 1. The zero-order chi connectivity index (χ0) is 19.2. The van der Waals surface area contributed by atoms with E-state index in [0.717, 1.165) is 18.4 Å². The van der Waals surface area contributed by atoms with Crippen LogP contribution in [-0.2, 0) is 4.79 Å². The largest absolute Gasteiger partial charge is 0.336 e. The van der Waals surface area contributed by atoms with Crippen molar-refractivity contribution >= 4 is 18.0 Å². The first-order valence-corrected chi connectivity index (χ1v) is 10.1. The maximum absolute atomic E-state index is 12.5. The Morgan fingerprint density at radius 2 is 1.67 bits per heavy atom. The second-order valence-corrected chi connectivity index (χ2v) is 7.79. The smallest absolute Gasteiger partial charge is 0.317 e. The van der Waals surface area contributed by atoms with Crippen LogP contribution in [0.3, 0.4) is 0 Å². The molecule has 3 rings (SSSR count). The lowest BCUT2D eigenvalue weighted by Gasteiger charge is -2.35. The van der Waals surface area contributed by atoms with Crippen LogP contribution in [0.5, 0.6) is 0 Å². The molecule has 1 aliphatic heterocycles. The Bertz CT molecular complexity index is 700. The fourth-order valence-electron chi connectivity index (χ4n) is 3.92. The first-order chi connectivity index (χ1) is 13.0. The number of nitrogens with zero attached hydrogens (tertiary/aromatic N) is 2. The molecular formula is C22H31N3O2. The Labute approximate surface area is 162 Å². The fraction of sp³-hybridized carbons (Fsp3) is 0.545. The Balaban J connectivity index is 1.47. The number of nitrogens with one attached hydrogen (secondary N) is 1. The SMILES string of the molecule is Cc1ccc(/C=C/C(=O)N2CCN(C(=O)NC3CCCCC3)CC2)c(C)c1. The fourth-order valence-corrected chi connectivity index (χ4v) is 3.92. The molecule has 2 aliphatic rings. The van der Waals surface area contributed by atoms with Crippen LogP contribution in [0.25, 0.3) is 6.08 Å². The van der Waals surface area contributed by atoms with Crippen LogP contribution in [0.4, 0.5) is 4.79 Å². The van der Waals surface area contributed by atoms with Gasteiger partial charge in [0, 0.05) is 38.3 Å². The van der Waals surface area contributed by atoms with Crippen molar-refractivity contribution in [3.63, 3.8) is 0 Å². The van der Waals surface area contributed by atoms with Crippen molar-refractivity contribution in [1.82, 2.24) is 15.1 Å². The van der Waals surface area contributed by atoms with Crippen LogP contribution in [0.1, 0.15) is 48.8 Å². The van der Waals surface area contributed by atoms with E-state index in [1.165, 1.54) is 30.4 Å². The van der Waals surface area contributed by atoms with Crippen molar-refractivity contribution in [1.29, 1.82) is 0 Å². The third kappa shape index (κ3) is 5.34. The standard InChI is InChI=1S/C22H31N3O2/c1-17-8-9-19(18(2)16-17)10-11-21(26)24-12-14-25(15-13-24)22(27)23-20-6-4-3-5-7-20/h8-11,16,20H,3-7,12-15H2,1-2H3,(H,23,27)/b11-10+. The van der Waals surface area contributed by atoms with Gasteiger partial charge in [-0.25, -0.2) is 4.79 Å². The van der Waals surface area contributed by atoms with Gasteiger partial charge < -0.3 is 15.1 Å². The Hall–Kier alpha value is -2.30. The molecule has 1 aromatic rings. The molecule has 1 aliphatic carbocycles. The summed E-state index contributed by atoms with van der Waals surface area (Å²) in [6.45, 7) is 6.50. The summed E-state index contributed by atoms with van der Waals surface area (Å²) in [5.74, 6) is 0.0160. The lowest BCUT2D eigenvalue weighted by Crippen LogP contribution is -2.54. The second-order valence-electron chi connectivity index (χ2n) is 7.79. The quantitative estimate of drug-likeness (QED) is 0.829. The highest BCUT2D eigenvalue weighted by Gasteiger charge is 2.25. The number of aryl methyl sites for hydroxylation is 2. The monoisotopic (exact) mass is 369 g/mol. The van der Waals surface area contributed by atoms with Crippen molar-refractivity contribution in [3.05, 3.63) is 41.0 Å². The number of amides is 3. The molecule has 0 unspecified atom stereocenters. The molecule has 0 spiro atoms. The van der Waals surface area contributed by atoms with E-state index in [-0.39, 0.29) is 11.9 Å². The maximum Gasteiger partial charge on any atom is 0.317 e. The lowest BCUT2D eigenvalue weighted by atomic mass is 9.96. The Morgan fingerprint density at radius 3 is 2.33 bits per heavy atom. The second kappa shape index (κ2) is 9.07. The molecule has 0 radical (unpaired) electrons. The predicted octanol–water partition coefficient (Wildman–Crippen LogP) is 3.50. The van der Waals surface area contributed by atoms with Gasteiger partial charge in [-0.2, -0.15) is 0 Å².